The van der Waals surface area contributed by atoms with Gasteiger partial charge in [-0.3, -0.25) is 4.79 Å². The van der Waals surface area contributed by atoms with E-state index in [0.717, 1.165) is 32.1 Å². The van der Waals surface area contributed by atoms with Crippen molar-refractivity contribution in [2.75, 3.05) is 6.54 Å². The third-order valence-corrected chi connectivity index (χ3v) is 4.09. The molecule has 6 nitrogen and oxygen atoms in total. The summed E-state index contributed by atoms with van der Waals surface area (Å²) in [6.07, 6.45) is 6.52. The minimum Gasteiger partial charge on any atom is -0.351 e. The molecule has 0 atom stereocenters. The largest absolute Gasteiger partial charge is 0.351 e. The Bertz CT molecular complexity index is 564. The zero-order chi connectivity index (χ0) is 15.9. The number of amides is 1. The van der Waals surface area contributed by atoms with Gasteiger partial charge < -0.3 is 9.88 Å². The smallest absolute Gasteiger partial charge is 0.267 e. The lowest BCUT2D eigenvalue weighted by Crippen LogP contribution is -2.26. The normalized spacial score (nSPS) is 11.6. The fourth-order valence-corrected chi connectivity index (χ4v) is 2.65. The van der Waals surface area contributed by atoms with Crippen molar-refractivity contribution >= 4 is 15.9 Å². The van der Waals surface area contributed by atoms with E-state index >= 15 is 0 Å². The van der Waals surface area contributed by atoms with Crippen molar-refractivity contribution in [1.29, 1.82) is 0 Å². The summed E-state index contributed by atoms with van der Waals surface area (Å²) in [5.74, 6) is -0.255. The van der Waals surface area contributed by atoms with Crippen LogP contribution in [-0.4, -0.2) is 25.4 Å². The second kappa shape index (κ2) is 8.19. The number of primary sulfonamides is 1. The van der Waals surface area contributed by atoms with Crippen molar-refractivity contribution in [3.05, 3.63) is 18.0 Å². The SMILES string of the molecule is CCCCCCNC(=O)c1cc(S(N)(=O)=O)cn1CCC. The van der Waals surface area contributed by atoms with Gasteiger partial charge in [0, 0.05) is 19.3 Å². The molecule has 0 bridgehead atoms. The summed E-state index contributed by atoms with van der Waals surface area (Å²) < 4.78 is 24.4. The molecule has 0 aromatic carbocycles. The number of carbonyl (C=O) groups is 1. The van der Waals surface area contributed by atoms with E-state index in [0.29, 0.717) is 18.8 Å². The molecule has 0 unspecified atom stereocenters. The molecule has 7 heteroatoms. The number of nitrogens with one attached hydrogen (secondary N) is 1. The van der Waals surface area contributed by atoms with Gasteiger partial charge in [0.15, 0.2) is 0 Å². The van der Waals surface area contributed by atoms with E-state index in [9.17, 15) is 13.2 Å². The highest BCUT2D eigenvalue weighted by Crippen LogP contribution is 2.14. The van der Waals surface area contributed by atoms with E-state index in [2.05, 4.69) is 12.2 Å². The van der Waals surface area contributed by atoms with Crippen molar-refractivity contribution in [1.82, 2.24) is 9.88 Å². The predicted molar refractivity (Wildman–Crippen MR) is 82.6 cm³/mol. The van der Waals surface area contributed by atoms with Crippen molar-refractivity contribution in [3.63, 3.8) is 0 Å². The molecule has 21 heavy (non-hydrogen) atoms. The van der Waals surface area contributed by atoms with Crippen LogP contribution in [0.5, 0.6) is 0 Å². The van der Waals surface area contributed by atoms with E-state index in [1.165, 1.54) is 12.3 Å². The highest BCUT2D eigenvalue weighted by atomic mass is 32.2. The quantitative estimate of drug-likeness (QED) is 0.681. The first-order chi connectivity index (χ1) is 9.90. The summed E-state index contributed by atoms with van der Waals surface area (Å²) >= 11 is 0. The zero-order valence-corrected chi connectivity index (χ0v) is 13.6. The Kier molecular flexibility index (Phi) is 6.91. The number of rotatable bonds is 9. The van der Waals surface area contributed by atoms with Gasteiger partial charge in [-0.2, -0.15) is 0 Å². The molecule has 1 aromatic heterocycles. The second-order valence-electron chi connectivity index (χ2n) is 5.12. The van der Waals surface area contributed by atoms with Crippen molar-refractivity contribution in [2.45, 2.75) is 57.4 Å². The molecule has 0 saturated carbocycles. The van der Waals surface area contributed by atoms with Crippen LogP contribution in [0.2, 0.25) is 0 Å². The third kappa shape index (κ3) is 5.51. The minimum absolute atomic E-state index is 0.0212. The molecular formula is C14H25N3O3S. The fourth-order valence-electron chi connectivity index (χ4n) is 2.10. The van der Waals surface area contributed by atoms with E-state index in [1.807, 2.05) is 6.92 Å². The first-order valence-electron chi connectivity index (χ1n) is 7.41. The predicted octanol–water partition coefficient (Wildman–Crippen LogP) is 1.86. The van der Waals surface area contributed by atoms with Crippen LogP contribution in [0.1, 0.15) is 56.4 Å². The van der Waals surface area contributed by atoms with E-state index in [4.69, 9.17) is 5.14 Å². The van der Waals surface area contributed by atoms with E-state index in [-0.39, 0.29) is 10.8 Å². The monoisotopic (exact) mass is 315 g/mol. The molecule has 0 spiro atoms. The van der Waals surface area contributed by atoms with Crippen LogP contribution in [-0.2, 0) is 16.6 Å². The van der Waals surface area contributed by atoms with E-state index < -0.39 is 10.0 Å². The third-order valence-electron chi connectivity index (χ3n) is 3.21. The fraction of sp³-hybridized carbons (Fsp3) is 0.643. The van der Waals surface area contributed by atoms with Gasteiger partial charge in [-0.05, 0) is 18.9 Å². The number of aryl methyl sites for hydroxylation is 1. The summed E-state index contributed by atoms with van der Waals surface area (Å²) in [6.45, 7) is 5.27. The molecule has 1 aromatic rings. The summed E-state index contributed by atoms with van der Waals surface area (Å²) in [5, 5.41) is 7.94. The number of sulfonamides is 1. The topological polar surface area (TPSA) is 94.2 Å². The first kappa shape index (κ1) is 17.7. The number of hydrogen-bond acceptors (Lipinski definition) is 3. The molecule has 0 radical (unpaired) electrons. The van der Waals surface area contributed by atoms with E-state index in [1.54, 1.807) is 4.57 Å². The van der Waals surface area contributed by atoms with Crippen LogP contribution in [0.4, 0.5) is 0 Å². The van der Waals surface area contributed by atoms with Crippen LogP contribution < -0.4 is 10.5 Å². The van der Waals surface area contributed by atoms with Crippen LogP contribution in [0.15, 0.2) is 17.2 Å². The van der Waals surface area contributed by atoms with Gasteiger partial charge in [0.05, 0.1) is 0 Å². The maximum atomic E-state index is 12.1. The number of nitrogens with two attached hydrogens (primary N) is 1. The Balaban J connectivity index is 2.75. The summed E-state index contributed by atoms with van der Waals surface area (Å²) in [5.41, 5.74) is 0.344. The second-order valence-corrected chi connectivity index (χ2v) is 6.68. The lowest BCUT2D eigenvalue weighted by molar-refractivity contribution is 0.0943. The average Bonchev–Trinajstić information content (AvgIpc) is 2.83. The summed E-state index contributed by atoms with van der Waals surface area (Å²) in [6, 6.07) is 1.34. The molecule has 0 aliphatic rings. The molecule has 1 amide bonds. The van der Waals surface area contributed by atoms with Gasteiger partial charge in [0.25, 0.3) is 5.91 Å². The van der Waals surface area contributed by atoms with Crippen LogP contribution in [0, 0.1) is 0 Å². The van der Waals surface area contributed by atoms with Crippen molar-refractivity contribution in [3.8, 4) is 0 Å². The molecular weight excluding hydrogens is 290 g/mol. The summed E-state index contributed by atoms with van der Waals surface area (Å²) in [4.78, 5) is 12.1. The van der Waals surface area contributed by atoms with Gasteiger partial charge in [-0.1, -0.05) is 33.1 Å². The van der Waals surface area contributed by atoms with Crippen LogP contribution in [0.3, 0.4) is 0 Å². The van der Waals surface area contributed by atoms with Crippen LogP contribution >= 0.6 is 0 Å². The Morgan fingerprint density at radius 3 is 2.52 bits per heavy atom. The number of unbranched alkanes of at least 4 members (excludes halogenated alkanes) is 3. The number of carbonyl (C=O) groups excluding carboxylic acids is 1. The van der Waals surface area contributed by atoms with Gasteiger partial charge >= 0.3 is 0 Å². The first-order valence-corrected chi connectivity index (χ1v) is 8.96. The Morgan fingerprint density at radius 1 is 1.24 bits per heavy atom. The highest BCUT2D eigenvalue weighted by Gasteiger charge is 2.18. The van der Waals surface area contributed by atoms with Gasteiger partial charge in [-0.25, -0.2) is 13.6 Å². The molecule has 0 aliphatic heterocycles. The standard InChI is InChI=1S/C14H25N3O3S/c1-3-5-6-7-8-16-14(18)13-10-12(21(15,19)20)11-17(13)9-4-2/h10-11H,3-9H2,1-2H3,(H,16,18)(H2,15,19,20). The van der Waals surface area contributed by atoms with Crippen molar-refractivity contribution in [2.24, 2.45) is 5.14 Å². The molecule has 120 valence electrons. The Hall–Kier alpha value is -1.34. The maximum Gasteiger partial charge on any atom is 0.267 e. The summed E-state index contributed by atoms with van der Waals surface area (Å²) in [7, 11) is -3.79. The molecule has 1 heterocycles. The maximum absolute atomic E-state index is 12.1. The Labute approximate surface area is 126 Å². The molecule has 0 fully saturated rings. The highest BCUT2D eigenvalue weighted by molar-refractivity contribution is 7.89. The Morgan fingerprint density at radius 2 is 1.95 bits per heavy atom. The van der Waals surface area contributed by atoms with Gasteiger partial charge in [0.1, 0.15) is 10.6 Å². The van der Waals surface area contributed by atoms with Crippen molar-refractivity contribution < 1.29 is 13.2 Å². The molecule has 0 aliphatic carbocycles. The number of nitrogens with zero attached hydrogens (tertiary/aromatic N) is 1. The molecule has 1 rings (SSSR count). The molecule has 3 N–H and O–H groups in total. The van der Waals surface area contributed by atoms with Crippen LogP contribution in [0.25, 0.3) is 0 Å². The molecule has 0 saturated heterocycles. The average molecular weight is 315 g/mol. The number of hydrogen-bond donors (Lipinski definition) is 2. The van der Waals surface area contributed by atoms with Gasteiger partial charge in [0.2, 0.25) is 10.0 Å². The minimum atomic E-state index is -3.79. The zero-order valence-electron chi connectivity index (χ0n) is 12.8. The lowest BCUT2D eigenvalue weighted by Gasteiger charge is -2.08. The number of aromatic nitrogens is 1. The van der Waals surface area contributed by atoms with Gasteiger partial charge in [-0.15, -0.1) is 0 Å². The lowest BCUT2D eigenvalue weighted by atomic mass is 10.2.